The van der Waals surface area contributed by atoms with Gasteiger partial charge in [0.2, 0.25) is 0 Å². The number of rotatable bonds is 5. The first-order valence-electron chi connectivity index (χ1n) is 22.4. The molecule has 1 aliphatic rings. The smallest absolute Gasteiger partial charge is 0 e. The predicted octanol–water partition coefficient (Wildman–Crippen LogP) is 12.8. The third-order valence-corrected chi connectivity index (χ3v) is 15.5. The van der Waals surface area contributed by atoms with Gasteiger partial charge in [-0.15, -0.1) is 23.8 Å². The van der Waals surface area contributed by atoms with E-state index < -0.39 is 32.9 Å². The third-order valence-electron chi connectivity index (χ3n) is 10.1. The Morgan fingerprint density at radius 2 is 1.69 bits per heavy atom. The Balaban J connectivity index is 0.000000327. The van der Waals surface area contributed by atoms with E-state index in [1.807, 2.05) is 42.6 Å². The Bertz CT molecular complexity index is 2830. The minimum Gasteiger partial charge on any atom is 0 e. The monoisotopic (exact) mass is 973 g/mol. The first-order chi connectivity index (χ1) is 29.0. The van der Waals surface area contributed by atoms with E-state index in [0.717, 1.165) is 39.6 Å². The topological polar surface area (TPSA) is 49.6 Å². The fourth-order valence-corrected chi connectivity index (χ4v) is 10.1. The maximum atomic E-state index is 9.45. The molecule has 1 saturated carbocycles. The van der Waals surface area contributed by atoms with Gasteiger partial charge in [0.15, 0.2) is 0 Å². The number of fused-ring (bicyclic) bond motifs is 3. The van der Waals surface area contributed by atoms with Gasteiger partial charge in [0.1, 0.15) is 0 Å². The molecular weight excluding hydrogens is 915 g/mol. The molecule has 54 heavy (non-hydrogen) atoms. The molecule has 3 nitrogen and oxygen atoms in total. The Morgan fingerprint density at radius 3 is 2.37 bits per heavy atom. The van der Waals surface area contributed by atoms with Crippen LogP contribution in [0.2, 0.25) is 17.3 Å². The van der Waals surface area contributed by atoms with Gasteiger partial charge in [0, 0.05) is 40.6 Å². The molecule has 275 valence electrons. The van der Waals surface area contributed by atoms with E-state index in [9.17, 15) is 6.63 Å². The fraction of sp³-hybridized carbons (Fsp3) is 0.271. The summed E-state index contributed by atoms with van der Waals surface area (Å²) >= 11 is -0.406. The van der Waals surface area contributed by atoms with Crippen LogP contribution in [0.15, 0.2) is 103 Å². The average molecular weight is 972 g/mol. The molecule has 0 spiro atoms. The van der Waals surface area contributed by atoms with E-state index in [4.69, 9.17) is 11.0 Å². The number of aryl methyl sites for hydroxylation is 2. The van der Waals surface area contributed by atoms with Crippen molar-refractivity contribution in [2.24, 2.45) is 5.41 Å². The molecule has 0 atom stereocenters. The standard InChI is InChI=1S/C34H31N2S.C14H16GeN.Ir/c1-21-16-25(24-12-14-34(3,4)15-13-24)9-11-26(21)30-18-31(36-20-22(30)2)29-7-5-6-28-27-10-8-23(19-35)17-32(27)37-33(28)29;1-15(2,3)13-9-10-14(16-11-13)12-7-5-4-6-8-12;/h5-6,8-11,16-18,20,24H,12-15H2,1-4H3;4-7,9-11H,1-3H3;/q2*-1;/i1D3,2D3,11D,17D,24D;;. The summed E-state index contributed by atoms with van der Waals surface area (Å²) in [6.07, 6.45) is 5.91. The first kappa shape index (κ1) is 29.4. The van der Waals surface area contributed by atoms with E-state index in [-0.39, 0.29) is 65.4 Å². The Morgan fingerprint density at radius 1 is 0.889 bits per heavy atom. The number of benzene rings is 4. The predicted molar refractivity (Wildman–Crippen MR) is 228 cm³/mol. The van der Waals surface area contributed by atoms with Crippen molar-refractivity contribution in [1.29, 1.82) is 5.26 Å². The zero-order valence-electron chi connectivity index (χ0n) is 40.1. The molecule has 4 aromatic carbocycles. The van der Waals surface area contributed by atoms with Gasteiger partial charge in [0.05, 0.1) is 14.4 Å². The van der Waals surface area contributed by atoms with Crippen LogP contribution in [-0.4, -0.2) is 23.2 Å². The second kappa shape index (κ2) is 16.4. The van der Waals surface area contributed by atoms with Crippen LogP contribution in [-0.2, 0) is 20.1 Å². The van der Waals surface area contributed by atoms with Gasteiger partial charge in [-0.25, -0.2) is 0 Å². The van der Waals surface area contributed by atoms with Crippen LogP contribution in [0.1, 0.15) is 80.0 Å². The van der Waals surface area contributed by atoms with Crippen molar-refractivity contribution in [3.63, 3.8) is 0 Å². The SMILES string of the molecule is [2H]c1cc(C2([2H])CCC(C)(C)CC2)cc(C([2H])([2H])[2H])c1-c1cc(-c2[c-]ccc3c2sc2c([2H])c(C#N)ccc23)ncc1C([2H])([2H])[2H].[CH3][Ge]([CH3])([CH3])[c]1ccc(-c2[c-]cccc2)nc1.[Ir]. The Kier molecular flexibility index (Phi) is 8.94. The second-order valence-electron chi connectivity index (χ2n) is 15.4. The maximum Gasteiger partial charge on any atom is 0 e. The summed E-state index contributed by atoms with van der Waals surface area (Å²) in [6, 6.07) is 32.2. The molecule has 0 unspecified atom stereocenters. The molecule has 3 heterocycles. The van der Waals surface area contributed by atoms with Gasteiger partial charge in [0.25, 0.3) is 0 Å². The summed E-state index contributed by atoms with van der Waals surface area (Å²) in [4.78, 5) is 9.03. The molecule has 0 saturated heterocycles. The van der Waals surface area contributed by atoms with Crippen molar-refractivity contribution < 1.29 is 32.4 Å². The van der Waals surface area contributed by atoms with Crippen molar-refractivity contribution in [2.75, 3.05) is 0 Å². The van der Waals surface area contributed by atoms with E-state index in [0.29, 0.717) is 34.4 Å². The number of thiophene rings is 1. The van der Waals surface area contributed by atoms with Crippen LogP contribution in [0.3, 0.4) is 0 Å². The third kappa shape index (κ3) is 8.64. The van der Waals surface area contributed by atoms with Crippen molar-refractivity contribution in [3.05, 3.63) is 138 Å². The van der Waals surface area contributed by atoms with Crippen LogP contribution in [0.4, 0.5) is 0 Å². The largest absolute Gasteiger partial charge is 0 e. The molecule has 3 aromatic heterocycles. The molecule has 0 amide bonds. The molecule has 1 radical (unpaired) electrons. The number of aromatic nitrogens is 2. The van der Waals surface area contributed by atoms with Crippen LogP contribution >= 0.6 is 11.3 Å². The van der Waals surface area contributed by atoms with Gasteiger partial charge in [-0.05, 0) is 106 Å². The minimum absolute atomic E-state index is 0. The molecule has 1 aliphatic carbocycles. The maximum absolute atomic E-state index is 9.45. The summed E-state index contributed by atoms with van der Waals surface area (Å²) in [6.45, 7) is -1.04. The molecule has 8 rings (SSSR count). The van der Waals surface area contributed by atoms with Crippen molar-refractivity contribution >= 4 is 49.2 Å². The number of pyridine rings is 2. The van der Waals surface area contributed by atoms with E-state index >= 15 is 0 Å². The second-order valence-corrected chi connectivity index (χ2v) is 27.1. The van der Waals surface area contributed by atoms with Gasteiger partial charge in [-0.2, -0.15) is 16.6 Å². The number of hydrogen-bond acceptors (Lipinski definition) is 4. The van der Waals surface area contributed by atoms with Gasteiger partial charge in [-0.3, -0.25) is 0 Å². The number of nitrogens with zero attached hydrogens (tertiary/aromatic N) is 3. The van der Waals surface area contributed by atoms with Gasteiger partial charge >= 0.3 is 99.8 Å². The van der Waals surface area contributed by atoms with Crippen molar-refractivity contribution in [1.82, 2.24) is 9.97 Å². The van der Waals surface area contributed by atoms with Crippen LogP contribution in [0, 0.1) is 42.6 Å². The average Bonchev–Trinajstić information content (AvgIpc) is 3.61. The summed E-state index contributed by atoms with van der Waals surface area (Å²) in [5, 5.41) is 11.1. The van der Waals surface area contributed by atoms with Crippen molar-refractivity contribution in [3.8, 4) is 39.7 Å². The molecule has 0 aliphatic heterocycles. The number of nitriles is 1. The van der Waals surface area contributed by atoms with Crippen molar-refractivity contribution in [2.45, 2.75) is 76.4 Å². The fourth-order valence-electron chi connectivity index (χ4n) is 6.72. The van der Waals surface area contributed by atoms with E-state index in [1.165, 1.54) is 40.1 Å². The first-order valence-corrected chi connectivity index (χ1v) is 26.0. The normalized spacial score (nSPS) is 17.7. The van der Waals surface area contributed by atoms with Crippen LogP contribution in [0.25, 0.3) is 53.8 Å². The van der Waals surface area contributed by atoms with Gasteiger partial charge in [-0.1, -0.05) is 49.5 Å². The number of hydrogen-bond donors (Lipinski definition) is 0. The summed E-state index contributed by atoms with van der Waals surface area (Å²) < 4.78 is 79.9. The molecule has 7 aromatic rings. The molecule has 6 heteroatoms. The summed E-state index contributed by atoms with van der Waals surface area (Å²) in [5.74, 6) is 6.09. The zero-order valence-corrected chi connectivity index (χ0v) is 36.4. The van der Waals surface area contributed by atoms with E-state index in [1.54, 1.807) is 18.2 Å². The molecule has 1 fully saturated rings. The molecule has 0 N–H and O–H groups in total. The summed E-state index contributed by atoms with van der Waals surface area (Å²) in [5.41, 5.74) is 3.43. The van der Waals surface area contributed by atoms with Crippen LogP contribution < -0.4 is 4.40 Å². The molecule has 0 bridgehead atoms. The Hall–Kier alpha value is -3.92. The molecular formula is C48H47GeIrN3S-2. The van der Waals surface area contributed by atoms with Gasteiger partial charge < -0.3 is 4.98 Å². The van der Waals surface area contributed by atoms with Crippen LogP contribution in [0.5, 0.6) is 0 Å². The zero-order chi connectivity index (χ0) is 45.0. The minimum atomic E-state index is -2.69. The Labute approximate surface area is 354 Å². The van der Waals surface area contributed by atoms with E-state index in [2.05, 4.69) is 65.3 Å². The quantitative estimate of drug-likeness (QED) is 0.128. The summed E-state index contributed by atoms with van der Waals surface area (Å²) in [7, 11) is 0.